The number of carbonyl (C=O) groups is 4. The van der Waals surface area contributed by atoms with Crippen molar-refractivity contribution in [2.75, 3.05) is 0 Å². The van der Waals surface area contributed by atoms with Gasteiger partial charge >= 0.3 is 6.09 Å². The second-order valence-corrected chi connectivity index (χ2v) is 10.1. The quantitative estimate of drug-likeness (QED) is 0.195. The van der Waals surface area contributed by atoms with Gasteiger partial charge in [-0.2, -0.15) is 0 Å². The Bertz CT molecular complexity index is 1450. The average molecular weight is 578 g/mol. The highest BCUT2D eigenvalue weighted by Gasteiger charge is 2.29. The minimum atomic E-state index is -1.03. The maximum atomic E-state index is 13.7. The summed E-state index contributed by atoms with van der Waals surface area (Å²) < 4.78 is 5.37. The SMILES string of the molecule is O=C[C@H](Cc1ccccc1)NC(=O)[C@H](Cc1ccccc1)NC(=O)[C@H](Cc1ccccc1)NC(=O)OCc1ccccc1. The molecule has 8 heteroatoms. The first kappa shape index (κ1) is 30.7. The van der Waals surface area contributed by atoms with E-state index in [1.165, 1.54) is 0 Å². The van der Waals surface area contributed by atoms with Gasteiger partial charge < -0.3 is 25.5 Å². The highest BCUT2D eigenvalue weighted by molar-refractivity contribution is 5.92. The van der Waals surface area contributed by atoms with Crippen LogP contribution in [-0.4, -0.2) is 42.3 Å². The van der Waals surface area contributed by atoms with E-state index in [0.717, 1.165) is 22.3 Å². The molecule has 4 aromatic rings. The van der Waals surface area contributed by atoms with Crippen molar-refractivity contribution in [3.63, 3.8) is 0 Å². The molecule has 0 unspecified atom stereocenters. The maximum absolute atomic E-state index is 13.7. The second-order valence-electron chi connectivity index (χ2n) is 10.1. The molecule has 3 atom stereocenters. The molecule has 0 aromatic heterocycles. The number of amides is 3. The van der Waals surface area contributed by atoms with E-state index in [2.05, 4.69) is 16.0 Å². The fourth-order valence-electron chi connectivity index (χ4n) is 4.58. The van der Waals surface area contributed by atoms with E-state index in [0.29, 0.717) is 12.7 Å². The molecule has 0 aliphatic rings. The molecule has 0 radical (unpaired) electrons. The highest BCUT2D eigenvalue weighted by Crippen LogP contribution is 2.09. The lowest BCUT2D eigenvalue weighted by molar-refractivity contribution is -0.130. The summed E-state index contributed by atoms with van der Waals surface area (Å²) >= 11 is 0. The first-order valence-corrected chi connectivity index (χ1v) is 14.1. The topological polar surface area (TPSA) is 114 Å². The van der Waals surface area contributed by atoms with Crippen molar-refractivity contribution in [2.24, 2.45) is 0 Å². The van der Waals surface area contributed by atoms with Crippen LogP contribution in [-0.2, 0) is 45.0 Å². The zero-order valence-corrected chi connectivity index (χ0v) is 23.7. The van der Waals surface area contributed by atoms with E-state index < -0.39 is 36.0 Å². The van der Waals surface area contributed by atoms with Crippen LogP contribution < -0.4 is 16.0 Å². The van der Waals surface area contributed by atoms with Gasteiger partial charge in [0.05, 0.1) is 6.04 Å². The van der Waals surface area contributed by atoms with E-state index in [-0.39, 0.29) is 19.4 Å². The van der Waals surface area contributed by atoms with Gasteiger partial charge in [0, 0.05) is 12.8 Å². The molecule has 4 rings (SSSR count). The molecule has 0 saturated carbocycles. The van der Waals surface area contributed by atoms with Crippen molar-refractivity contribution >= 4 is 24.2 Å². The van der Waals surface area contributed by atoms with Crippen molar-refractivity contribution in [3.05, 3.63) is 144 Å². The van der Waals surface area contributed by atoms with Crippen molar-refractivity contribution in [2.45, 2.75) is 44.0 Å². The van der Waals surface area contributed by atoms with Gasteiger partial charge in [0.15, 0.2) is 0 Å². The fourth-order valence-corrected chi connectivity index (χ4v) is 4.58. The smallest absolute Gasteiger partial charge is 0.408 e. The number of benzene rings is 4. The standard InChI is InChI=1S/C35H35N3O5/c39-24-30(21-26-13-5-1-6-14-26)36-33(40)31(22-27-15-7-2-8-16-27)37-34(41)32(23-28-17-9-3-10-18-28)38-35(42)43-25-29-19-11-4-12-20-29/h1-20,24,30-32H,21-23,25H2,(H,36,40)(H,37,41)(H,38,42)/t30-,31-,32-/m0/s1. The van der Waals surface area contributed by atoms with E-state index in [1.807, 2.05) is 121 Å². The molecule has 4 aromatic carbocycles. The Hall–Kier alpha value is -5.24. The number of alkyl carbamates (subject to hydrolysis) is 1. The van der Waals surface area contributed by atoms with Gasteiger partial charge in [-0.05, 0) is 28.7 Å². The van der Waals surface area contributed by atoms with Gasteiger partial charge in [-0.15, -0.1) is 0 Å². The van der Waals surface area contributed by atoms with E-state index in [1.54, 1.807) is 0 Å². The van der Waals surface area contributed by atoms with E-state index >= 15 is 0 Å². The normalized spacial score (nSPS) is 12.7. The van der Waals surface area contributed by atoms with Crippen molar-refractivity contribution in [3.8, 4) is 0 Å². The molecule has 0 aliphatic carbocycles. The van der Waals surface area contributed by atoms with Crippen molar-refractivity contribution in [1.82, 2.24) is 16.0 Å². The predicted molar refractivity (Wildman–Crippen MR) is 164 cm³/mol. The molecule has 3 amide bonds. The van der Waals surface area contributed by atoms with Crippen LogP contribution in [0.2, 0.25) is 0 Å². The second kappa shape index (κ2) is 16.3. The Morgan fingerprint density at radius 2 is 0.930 bits per heavy atom. The minimum absolute atomic E-state index is 0.0416. The molecule has 43 heavy (non-hydrogen) atoms. The van der Waals surface area contributed by atoms with Crippen LogP contribution in [0.4, 0.5) is 4.79 Å². The highest BCUT2D eigenvalue weighted by atomic mass is 16.5. The molecule has 8 nitrogen and oxygen atoms in total. The molecule has 0 bridgehead atoms. The number of hydrogen-bond donors (Lipinski definition) is 3. The molecule has 0 aliphatic heterocycles. The molecular weight excluding hydrogens is 542 g/mol. The van der Waals surface area contributed by atoms with Crippen LogP contribution in [0.3, 0.4) is 0 Å². The monoisotopic (exact) mass is 577 g/mol. The van der Waals surface area contributed by atoms with Gasteiger partial charge in [0.25, 0.3) is 0 Å². The van der Waals surface area contributed by atoms with Crippen LogP contribution in [0.5, 0.6) is 0 Å². The first-order valence-electron chi connectivity index (χ1n) is 14.1. The average Bonchev–Trinajstić information content (AvgIpc) is 3.04. The lowest BCUT2D eigenvalue weighted by atomic mass is 10.0. The van der Waals surface area contributed by atoms with E-state index in [9.17, 15) is 19.2 Å². The largest absolute Gasteiger partial charge is 0.445 e. The van der Waals surface area contributed by atoms with Crippen molar-refractivity contribution in [1.29, 1.82) is 0 Å². The van der Waals surface area contributed by atoms with Crippen LogP contribution in [0.15, 0.2) is 121 Å². The predicted octanol–water partition coefficient (Wildman–Crippen LogP) is 4.18. The molecule has 0 spiro atoms. The summed E-state index contributed by atoms with van der Waals surface area (Å²) in [6.07, 6.45) is 0.610. The Labute approximate surface area is 251 Å². The number of carbonyl (C=O) groups excluding carboxylic acids is 4. The molecule has 220 valence electrons. The maximum Gasteiger partial charge on any atom is 0.408 e. The fraction of sp³-hybridized carbons (Fsp3) is 0.200. The lowest BCUT2D eigenvalue weighted by Crippen LogP contribution is -2.56. The van der Waals surface area contributed by atoms with E-state index in [4.69, 9.17) is 4.74 Å². The third kappa shape index (κ3) is 10.3. The molecule has 0 heterocycles. The zero-order valence-electron chi connectivity index (χ0n) is 23.7. The Morgan fingerprint density at radius 3 is 1.40 bits per heavy atom. The van der Waals surface area contributed by atoms with Gasteiger partial charge in [0.2, 0.25) is 11.8 Å². The summed E-state index contributed by atoms with van der Waals surface area (Å²) in [6.45, 7) is 0.0416. The summed E-state index contributed by atoms with van der Waals surface area (Å²) in [6, 6.07) is 34.3. The van der Waals surface area contributed by atoms with Crippen LogP contribution >= 0.6 is 0 Å². The number of nitrogens with one attached hydrogen (secondary N) is 3. The number of rotatable bonds is 14. The van der Waals surface area contributed by atoms with Crippen LogP contribution in [0.25, 0.3) is 0 Å². The number of ether oxygens (including phenoxy) is 1. The third-order valence-electron chi connectivity index (χ3n) is 6.81. The summed E-state index contributed by atoms with van der Waals surface area (Å²) in [5, 5.41) is 8.26. The zero-order chi connectivity index (χ0) is 30.3. The number of hydrogen-bond acceptors (Lipinski definition) is 5. The summed E-state index contributed by atoms with van der Waals surface area (Å²) in [5.74, 6) is -1.06. The number of aldehydes is 1. The van der Waals surface area contributed by atoms with Gasteiger partial charge in [-0.3, -0.25) is 9.59 Å². The van der Waals surface area contributed by atoms with Gasteiger partial charge in [0.1, 0.15) is 25.0 Å². The summed E-state index contributed by atoms with van der Waals surface area (Å²) in [5.41, 5.74) is 3.34. The first-order chi connectivity index (χ1) is 21.0. The Balaban J connectivity index is 1.49. The Morgan fingerprint density at radius 1 is 0.535 bits per heavy atom. The van der Waals surface area contributed by atoms with Crippen molar-refractivity contribution < 1.29 is 23.9 Å². The third-order valence-corrected chi connectivity index (χ3v) is 6.81. The molecule has 0 saturated heterocycles. The van der Waals surface area contributed by atoms with Gasteiger partial charge in [-0.1, -0.05) is 121 Å². The molecule has 3 N–H and O–H groups in total. The molecule has 0 fully saturated rings. The van der Waals surface area contributed by atoms with Crippen LogP contribution in [0.1, 0.15) is 22.3 Å². The Kier molecular flexibility index (Phi) is 11.6. The van der Waals surface area contributed by atoms with Crippen LogP contribution in [0, 0.1) is 0 Å². The summed E-state index contributed by atoms with van der Waals surface area (Å²) in [7, 11) is 0. The summed E-state index contributed by atoms with van der Waals surface area (Å²) in [4.78, 5) is 51.8. The lowest BCUT2D eigenvalue weighted by Gasteiger charge is -2.24. The molecular formula is C35H35N3O5. The minimum Gasteiger partial charge on any atom is -0.445 e. The van der Waals surface area contributed by atoms with Gasteiger partial charge in [-0.25, -0.2) is 4.79 Å².